The second-order valence-electron chi connectivity index (χ2n) is 6.22. The number of pyridine rings is 1. The smallest absolute Gasteiger partial charge is 0.161 e. The molecule has 2 heterocycles. The molecule has 2 aromatic rings. The molecular weight excluding hydrogens is 320 g/mol. The highest BCUT2D eigenvalue weighted by atomic mass is 16.5. The third kappa shape index (κ3) is 4.48. The van der Waals surface area contributed by atoms with E-state index in [0.29, 0.717) is 37.9 Å². The van der Waals surface area contributed by atoms with Crippen LogP contribution < -0.4 is 14.8 Å². The van der Waals surface area contributed by atoms with Crippen molar-refractivity contribution in [1.29, 1.82) is 0 Å². The molecule has 1 aliphatic rings. The molecule has 134 valence electrons. The van der Waals surface area contributed by atoms with Crippen molar-refractivity contribution in [2.45, 2.75) is 25.1 Å². The zero-order valence-corrected chi connectivity index (χ0v) is 14.4. The molecule has 25 heavy (non-hydrogen) atoms. The predicted molar refractivity (Wildman–Crippen MR) is 93.7 cm³/mol. The number of rotatable bonds is 8. The van der Waals surface area contributed by atoms with Gasteiger partial charge in [0, 0.05) is 25.5 Å². The lowest BCUT2D eigenvalue weighted by Gasteiger charge is -2.26. The second-order valence-corrected chi connectivity index (χ2v) is 6.22. The maximum Gasteiger partial charge on any atom is 0.161 e. The maximum absolute atomic E-state index is 9.63. The van der Waals surface area contributed by atoms with E-state index in [9.17, 15) is 5.11 Å². The number of ether oxygens (including phenoxy) is 3. The minimum Gasteiger partial charge on any atom is -0.493 e. The van der Waals surface area contributed by atoms with Gasteiger partial charge in [0.2, 0.25) is 0 Å². The van der Waals surface area contributed by atoms with Crippen molar-refractivity contribution < 1.29 is 19.3 Å². The zero-order valence-electron chi connectivity index (χ0n) is 14.4. The summed E-state index contributed by atoms with van der Waals surface area (Å²) in [5, 5.41) is 13.0. The molecule has 0 radical (unpaired) electrons. The fourth-order valence-electron chi connectivity index (χ4n) is 2.80. The summed E-state index contributed by atoms with van der Waals surface area (Å²) in [6.45, 7) is 2.37. The molecular formula is C19H24N2O4. The Morgan fingerprint density at radius 3 is 2.72 bits per heavy atom. The van der Waals surface area contributed by atoms with Crippen LogP contribution in [0.15, 0.2) is 42.7 Å². The highest BCUT2D eigenvalue weighted by Crippen LogP contribution is 2.29. The first-order valence-corrected chi connectivity index (χ1v) is 8.37. The Labute approximate surface area is 147 Å². The second kappa shape index (κ2) is 8.29. The van der Waals surface area contributed by atoms with Crippen molar-refractivity contribution in [1.82, 2.24) is 10.3 Å². The van der Waals surface area contributed by atoms with Gasteiger partial charge in [0.05, 0.1) is 25.9 Å². The highest BCUT2D eigenvalue weighted by Gasteiger charge is 2.33. The Hall–Kier alpha value is -2.15. The van der Waals surface area contributed by atoms with E-state index in [4.69, 9.17) is 14.2 Å². The Bertz CT molecular complexity index is 672. The first kappa shape index (κ1) is 17.7. The first-order chi connectivity index (χ1) is 12.2. The van der Waals surface area contributed by atoms with Gasteiger partial charge < -0.3 is 24.6 Å². The van der Waals surface area contributed by atoms with E-state index < -0.39 is 0 Å². The number of aliphatic hydroxyl groups excluding tert-OH is 1. The molecule has 6 heteroatoms. The van der Waals surface area contributed by atoms with Crippen LogP contribution in [0.4, 0.5) is 0 Å². The molecule has 0 spiro atoms. The molecule has 0 aliphatic carbocycles. The number of methoxy groups -OCH3 is 1. The molecule has 0 amide bonds. The van der Waals surface area contributed by atoms with Crippen molar-refractivity contribution in [3.05, 3.63) is 53.9 Å². The van der Waals surface area contributed by atoms with Gasteiger partial charge in [-0.1, -0.05) is 6.07 Å². The van der Waals surface area contributed by atoms with Crippen LogP contribution in [0.2, 0.25) is 0 Å². The van der Waals surface area contributed by atoms with E-state index in [-0.39, 0.29) is 12.1 Å². The molecule has 0 saturated carbocycles. The number of hydrogen-bond acceptors (Lipinski definition) is 6. The van der Waals surface area contributed by atoms with Gasteiger partial charge in [0.25, 0.3) is 0 Å². The van der Waals surface area contributed by atoms with Crippen LogP contribution in [-0.2, 0) is 17.9 Å². The SMILES string of the molecule is COc1cc(CNC2(CO)CCOC2)ccc1OCc1ccncc1. The Balaban J connectivity index is 1.63. The molecule has 1 atom stereocenters. The fourth-order valence-corrected chi connectivity index (χ4v) is 2.80. The normalized spacial score (nSPS) is 19.8. The van der Waals surface area contributed by atoms with Gasteiger partial charge >= 0.3 is 0 Å². The molecule has 0 bridgehead atoms. The lowest BCUT2D eigenvalue weighted by Crippen LogP contribution is -2.48. The molecule has 2 N–H and O–H groups in total. The quantitative estimate of drug-likeness (QED) is 0.762. The third-order valence-electron chi connectivity index (χ3n) is 4.45. The summed E-state index contributed by atoms with van der Waals surface area (Å²) >= 11 is 0. The molecule has 1 aliphatic heterocycles. The van der Waals surface area contributed by atoms with Gasteiger partial charge in [-0.05, 0) is 41.8 Å². The van der Waals surface area contributed by atoms with Gasteiger partial charge in [0.1, 0.15) is 6.61 Å². The van der Waals surface area contributed by atoms with Gasteiger partial charge in [0.15, 0.2) is 11.5 Å². The van der Waals surface area contributed by atoms with E-state index in [1.54, 1.807) is 19.5 Å². The topological polar surface area (TPSA) is 72.8 Å². The van der Waals surface area contributed by atoms with E-state index in [0.717, 1.165) is 17.5 Å². The summed E-state index contributed by atoms with van der Waals surface area (Å²) in [6, 6.07) is 9.70. The lowest BCUT2D eigenvalue weighted by molar-refractivity contribution is 0.120. The highest BCUT2D eigenvalue weighted by molar-refractivity contribution is 5.43. The first-order valence-electron chi connectivity index (χ1n) is 8.37. The van der Waals surface area contributed by atoms with Crippen molar-refractivity contribution >= 4 is 0 Å². The largest absolute Gasteiger partial charge is 0.493 e. The summed E-state index contributed by atoms with van der Waals surface area (Å²) in [6.07, 6.45) is 4.30. The maximum atomic E-state index is 9.63. The van der Waals surface area contributed by atoms with E-state index in [2.05, 4.69) is 10.3 Å². The van der Waals surface area contributed by atoms with E-state index in [1.165, 1.54) is 0 Å². The monoisotopic (exact) mass is 344 g/mol. The summed E-state index contributed by atoms with van der Waals surface area (Å²) in [7, 11) is 1.63. The predicted octanol–water partition coefficient (Wildman–Crippen LogP) is 1.91. The van der Waals surface area contributed by atoms with Crippen LogP contribution in [0.3, 0.4) is 0 Å². The molecule has 1 fully saturated rings. The summed E-state index contributed by atoms with van der Waals surface area (Å²) in [5.74, 6) is 1.39. The standard InChI is InChI=1S/C19H24N2O4/c1-23-18-10-16(11-21-19(13-22)6-9-24-14-19)2-3-17(18)25-12-15-4-7-20-8-5-15/h2-5,7-8,10,21-22H,6,9,11-14H2,1H3. The van der Waals surface area contributed by atoms with Crippen molar-refractivity contribution in [3.8, 4) is 11.5 Å². The van der Waals surface area contributed by atoms with E-state index >= 15 is 0 Å². The number of benzene rings is 1. The minimum absolute atomic E-state index is 0.0667. The molecule has 1 saturated heterocycles. The van der Waals surface area contributed by atoms with Crippen LogP contribution in [0, 0.1) is 0 Å². The summed E-state index contributed by atoms with van der Waals surface area (Å²) in [4.78, 5) is 4.00. The average Bonchev–Trinajstić information content (AvgIpc) is 3.15. The summed E-state index contributed by atoms with van der Waals surface area (Å²) < 4.78 is 16.7. The van der Waals surface area contributed by atoms with Gasteiger partial charge in [-0.25, -0.2) is 0 Å². The number of nitrogens with one attached hydrogen (secondary N) is 1. The Morgan fingerprint density at radius 1 is 1.20 bits per heavy atom. The molecule has 1 aromatic heterocycles. The minimum atomic E-state index is -0.344. The van der Waals surface area contributed by atoms with Crippen LogP contribution >= 0.6 is 0 Å². The number of aromatic nitrogens is 1. The number of aliphatic hydroxyl groups is 1. The third-order valence-corrected chi connectivity index (χ3v) is 4.45. The van der Waals surface area contributed by atoms with Crippen LogP contribution in [0.1, 0.15) is 17.5 Å². The van der Waals surface area contributed by atoms with Crippen molar-refractivity contribution in [2.24, 2.45) is 0 Å². The van der Waals surface area contributed by atoms with Gasteiger partial charge in [-0.3, -0.25) is 4.98 Å². The Morgan fingerprint density at radius 2 is 2.04 bits per heavy atom. The lowest BCUT2D eigenvalue weighted by atomic mass is 9.99. The van der Waals surface area contributed by atoms with E-state index in [1.807, 2.05) is 30.3 Å². The van der Waals surface area contributed by atoms with Crippen LogP contribution in [0.5, 0.6) is 11.5 Å². The van der Waals surface area contributed by atoms with Gasteiger partial charge in [-0.2, -0.15) is 0 Å². The van der Waals surface area contributed by atoms with Crippen molar-refractivity contribution in [3.63, 3.8) is 0 Å². The zero-order chi connectivity index (χ0) is 17.5. The number of nitrogens with zero attached hydrogens (tertiary/aromatic N) is 1. The number of hydrogen-bond donors (Lipinski definition) is 2. The average molecular weight is 344 g/mol. The molecule has 1 aromatic carbocycles. The van der Waals surface area contributed by atoms with Gasteiger partial charge in [-0.15, -0.1) is 0 Å². The van der Waals surface area contributed by atoms with Crippen LogP contribution in [-0.4, -0.2) is 42.6 Å². The molecule has 1 unspecified atom stereocenters. The summed E-state index contributed by atoms with van der Waals surface area (Å²) in [5.41, 5.74) is 1.77. The molecule has 6 nitrogen and oxygen atoms in total. The van der Waals surface area contributed by atoms with Crippen molar-refractivity contribution in [2.75, 3.05) is 26.9 Å². The Kier molecular flexibility index (Phi) is 5.86. The fraction of sp³-hybridized carbons (Fsp3) is 0.421. The molecule has 3 rings (SSSR count). The van der Waals surface area contributed by atoms with Crippen LogP contribution in [0.25, 0.3) is 0 Å².